The molecule has 0 saturated carbocycles. The summed E-state index contributed by atoms with van der Waals surface area (Å²) in [6.07, 6.45) is 2.75. The molecule has 0 aromatic heterocycles. The van der Waals surface area contributed by atoms with Crippen LogP contribution in [0.1, 0.15) is 40.0 Å². The van der Waals surface area contributed by atoms with Gasteiger partial charge in [-0.3, -0.25) is 0 Å². The molecule has 1 aliphatic rings. The molecule has 1 N–H and O–H groups in total. The molecule has 0 aromatic rings. The molecule has 1 saturated heterocycles. The zero-order chi connectivity index (χ0) is 13.6. The largest absolute Gasteiger partial charge is 0.317 e. The fourth-order valence-corrected chi connectivity index (χ4v) is 4.05. The average molecular weight is 276 g/mol. The van der Waals surface area contributed by atoms with E-state index >= 15 is 0 Å². The van der Waals surface area contributed by atoms with Crippen LogP contribution in [-0.2, 0) is 10.0 Å². The van der Waals surface area contributed by atoms with Gasteiger partial charge in [0.05, 0.1) is 5.75 Å². The molecule has 1 heterocycles. The summed E-state index contributed by atoms with van der Waals surface area (Å²) in [6.45, 7) is 9.66. The molecule has 4 nitrogen and oxygen atoms in total. The van der Waals surface area contributed by atoms with Crippen LogP contribution >= 0.6 is 0 Å². The topological polar surface area (TPSA) is 49.4 Å². The fourth-order valence-electron chi connectivity index (χ4n) is 2.25. The van der Waals surface area contributed by atoms with Gasteiger partial charge < -0.3 is 5.32 Å². The molecule has 0 unspecified atom stereocenters. The fraction of sp³-hybridized carbons (Fsp3) is 1.00. The van der Waals surface area contributed by atoms with Gasteiger partial charge in [0.1, 0.15) is 0 Å². The van der Waals surface area contributed by atoms with Gasteiger partial charge in [-0.15, -0.1) is 0 Å². The van der Waals surface area contributed by atoms with Crippen molar-refractivity contribution in [3.05, 3.63) is 0 Å². The minimum Gasteiger partial charge on any atom is -0.317 e. The van der Waals surface area contributed by atoms with Crippen molar-refractivity contribution in [2.75, 3.05) is 31.9 Å². The summed E-state index contributed by atoms with van der Waals surface area (Å²) in [5.41, 5.74) is 0. The van der Waals surface area contributed by atoms with Crippen LogP contribution in [0.4, 0.5) is 0 Å². The third-order valence-corrected chi connectivity index (χ3v) is 5.51. The zero-order valence-corrected chi connectivity index (χ0v) is 12.8. The SMILES string of the molecule is CCNCC1CCN(S(=O)(=O)CCC(C)C)CC1. The minimum absolute atomic E-state index is 0.308. The first kappa shape index (κ1) is 15.9. The van der Waals surface area contributed by atoms with Crippen molar-refractivity contribution in [1.29, 1.82) is 0 Å². The van der Waals surface area contributed by atoms with Crippen LogP contribution in [-0.4, -0.2) is 44.7 Å². The highest BCUT2D eigenvalue weighted by atomic mass is 32.2. The molecule has 1 rings (SSSR count). The Morgan fingerprint density at radius 2 is 1.89 bits per heavy atom. The normalized spacial score (nSPS) is 19.6. The molecule has 0 spiro atoms. The van der Waals surface area contributed by atoms with Crippen LogP contribution in [0.15, 0.2) is 0 Å². The van der Waals surface area contributed by atoms with Crippen LogP contribution in [0, 0.1) is 11.8 Å². The quantitative estimate of drug-likeness (QED) is 0.770. The number of sulfonamides is 1. The molecule has 0 radical (unpaired) electrons. The highest BCUT2D eigenvalue weighted by Crippen LogP contribution is 2.20. The lowest BCUT2D eigenvalue weighted by Gasteiger charge is -2.31. The van der Waals surface area contributed by atoms with Gasteiger partial charge in [-0.1, -0.05) is 20.8 Å². The smallest absolute Gasteiger partial charge is 0.214 e. The van der Waals surface area contributed by atoms with Crippen LogP contribution in [0.2, 0.25) is 0 Å². The van der Waals surface area contributed by atoms with Gasteiger partial charge in [0, 0.05) is 13.1 Å². The third-order valence-electron chi connectivity index (χ3n) is 3.60. The molecule has 1 fully saturated rings. The summed E-state index contributed by atoms with van der Waals surface area (Å²) in [4.78, 5) is 0. The molecule has 108 valence electrons. The lowest BCUT2D eigenvalue weighted by atomic mass is 9.98. The summed E-state index contributed by atoms with van der Waals surface area (Å²) in [7, 11) is -3.01. The number of piperidine rings is 1. The second-order valence-electron chi connectivity index (χ2n) is 5.65. The first-order valence-corrected chi connectivity index (χ1v) is 8.75. The zero-order valence-electron chi connectivity index (χ0n) is 12.0. The predicted octanol–water partition coefficient (Wildman–Crippen LogP) is 1.68. The van der Waals surface area contributed by atoms with Crippen LogP contribution in [0.3, 0.4) is 0 Å². The van der Waals surface area contributed by atoms with Crippen molar-refractivity contribution in [1.82, 2.24) is 9.62 Å². The maximum absolute atomic E-state index is 12.1. The van der Waals surface area contributed by atoms with Crippen LogP contribution in [0.25, 0.3) is 0 Å². The first-order valence-electron chi connectivity index (χ1n) is 7.14. The molecule has 0 aromatic carbocycles. The highest BCUT2D eigenvalue weighted by Gasteiger charge is 2.27. The Morgan fingerprint density at radius 3 is 2.39 bits per heavy atom. The molecule has 0 amide bonds. The van der Waals surface area contributed by atoms with E-state index in [1.807, 2.05) is 0 Å². The predicted molar refractivity (Wildman–Crippen MR) is 76.1 cm³/mol. The van der Waals surface area contributed by atoms with E-state index in [9.17, 15) is 8.42 Å². The second kappa shape index (κ2) is 7.46. The Bertz CT molecular complexity index is 320. The van der Waals surface area contributed by atoms with Crippen molar-refractivity contribution in [3.8, 4) is 0 Å². The van der Waals surface area contributed by atoms with E-state index in [2.05, 4.69) is 26.1 Å². The van der Waals surface area contributed by atoms with Gasteiger partial charge in [0.15, 0.2) is 0 Å². The number of hydrogen-bond acceptors (Lipinski definition) is 3. The standard InChI is InChI=1S/C13H28N2O2S/c1-4-14-11-13-5-8-15(9-6-13)18(16,17)10-7-12(2)3/h12-14H,4-11H2,1-3H3. The monoisotopic (exact) mass is 276 g/mol. The van der Waals surface area contributed by atoms with E-state index in [1.54, 1.807) is 4.31 Å². The van der Waals surface area contributed by atoms with Crippen molar-refractivity contribution in [3.63, 3.8) is 0 Å². The lowest BCUT2D eigenvalue weighted by molar-refractivity contribution is 0.268. The van der Waals surface area contributed by atoms with Crippen LogP contribution < -0.4 is 5.32 Å². The molecule has 0 bridgehead atoms. The molecule has 0 atom stereocenters. The summed E-state index contributed by atoms with van der Waals surface area (Å²) >= 11 is 0. The maximum atomic E-state index is 12.1. The molecule has 1 aliphatic heterocycles. The Balaban J connectivity index is 2.37. The van der Waals surface area contributed by atoms with Crippen molar-refractivity contribution < 1.29 is 8.42 Å². The van der Waals surface area contributed by atoms with Crippen molar-refractivity contribution in [2.45, 2.75) is 40.0 Å². The first-order chi connectivity index (χ1) is 8.45. The Kier molecular flexibility index (Phi) is 6.60. The van der Waals surface area contributed by atoms with E-state index in [4.69, 9.17) is 0 Å². The highest BCUT2D eigenvalue weighted by molar-refractivity contribution is 7.89. The van der Waals surface area contributed by atoms with E-state index in [-0.39, 0.29) is 0 Å². The Labute approximate surface area is 112 Å². The van der Waals surface area contributed by atoms with Crippen molar-refractivity contribution >= 4 is 10.0 Å². The van der Waals surface area contributed by atoms with Gasteiger partial charge in [-0.2, -0.15) is 0 Å². The number of rotatable bonds is 7. The maximum Gasteiger partial charge on any atom is 0.214 e. The van der Waals surface area contributed by atoms with Gasteiger partial charge in [0.2, 0.25) is 10.0 Å². The van der Waals surface area contributed by atoms with Gasteiger partial charge in [-0.05, 0) is 44.2 Å². The van der Waals surface area contributed by atoms with E-state index < -0.39 is 10.0 Å². The summed E-state index contributed by atoms with van der Waals surface area (Å²) in [6, 6.07) is 0. The average Bonchev–Trinajstić information content (AvgIpc) is 2.34. The lowest BCUT2D eigenvalue weighted by Crippen LogP contribution is -2.41. The molecule has 5 heteroatoms. The molecule has 18 heavy (non-hydrogen) atoms. The second-order valence-corrected chi connectivity index (χ2v) is 7.74. The number of nitrogens with zero attached hydrogens (tertiary/aromatic N) is 1. The van der Waals surface area contributed by atoms with Gasteiger partial charge in [-0.25, -0.2) is 12.7 Å². The van der Waals surface area contributed by atoms with E-state index in [0.717, 1.165) is 32.4 Å². The Hall–Kier alpha value is -0.130. The third kappa shape index (κ3) is 5.24. The summed E-state index contributed by atoms with van der Waals surface area (Å²) in [5, 5.41) is 3.34. The molecular formula is C13H28N2O2S. The van der Waals surface area contributed by atoms with Crippen LogP contribution in [0.5, 0.6) is 0 Å². The minimum atomic E-state index is -3.01. The van der Waals surface area contributed by atoms with E-state index in [0.29, 0.717) is 30.7 Å². The summed E-state index contributed by atoms with van der Waals surface area (Å²) in [5.74, 6) is 1.40. The molecular weight excluding hydrogens is 248 g/mol. The number of hydrogen-bond donors (Lipinski definition) is 1. The van der Waals surface area contributed by atoms with Gasteiger partial charge in [0.25, 0.3) is 0 Å². The Morgan fingerprint density at radius 1 is 1.28 bits per heavy atom. The number of nitrogens with one attached hydrogen (secondary N) is 1. The van der Waals surface area contributed by atoms with Crippen molar-refractivity contribution in [2.24, 2.45) is 11.8 Å². The van der Waals surface area contributed by atoms with Gasteiger partial charge >= 0.3 is 0 Å². The van der Waals surface area contributed by atoms with E-state index in [1.165, 1.54) is 0 Å². The molecule has 0 aliphatic carbocycles. The summed E-state index contributed by atoms with van der Waals surface area (Å²) < 4.78 is 25.9.